The molecule has 0 saturated carbocycles. The number of aryl methyl sites for hydroxylation is 1. The van der Waals surface area contributed by atoms with Crippen LogP contribution >= 0.6 is 0 Å². The van der Waals surface area contributed by atoms with Gasteiger partial charge in [0, 0.05) is 12.4 Å². The molecule has 2 heterocycles. The van der Waals surface area contributed by atoms with Gasteiger partial charge in [-0.2, -0.15) is 19.6 Å². The van der Waals surface area contributed by atoms with Gasteiger partial charge in [-0.05, 0) is 30.9 Å². The van der Waals surface area contributed by atoms with Crippen LogP contribution in [0.5, 0.6) is 0 Å². The van der Waals surface area contributed by atoms with Crippen LogP contribution < -0.4 is 0 Å². The summed E-state index contributed by atoms with van der Waals surface area (Å²) >= 11 is 0. The highest BCUT2D eigenvalue weighted by molar-refractivity contribution is 5.78. The van der Waals surface area contributed by atoms with Crippen LogP contribution in [0.3, 0.4) is 0 Å². The lowest BCUT2D eigenvalue weighted by Crippen LogP contribution is -2.23. The summed E-state index contributed by atoms with van der Waals surface area (Å²) in [4.78, 5) is 12.6. The van der Waals surface area contributed by atoms with E-state index in [1.165, 1.54) is 10.2 Å². The molecule has 5 nitrogen and oxygen atoms in total. The monoisotopic (exact) mass is 288 g/mol. The number of rotatable bonds is 6. The van der Waals surface area contributed by atoms with E-state index in [4.69, 9.17) is 0 Å². The lowest BCUT2D eigenvalue weighted by Gasteiger charge is -2.07. The number of nitrogens with zero attached hydrogens (tertiary/aromatic N) is 4. The largest absolute Gasteiger partial charge is 0.369 e. The average molecular weight is 288 g/mol. The van der Waals surface area contributed by atoms with Crippen molar-refractivity contribution in [2.45, 2.75) is 59.3 Å². The Kier molecular flexibility index (Phi) is 5.31. The first-order valence-electron chi connectivity index (χ1n) is 7.86. The predicted molar refractivity (Wildman–Crippen MR) is 82.6 cm³/mol. The average Bonchev–Trinajstić information content (AvgIpc) is 3.10. The molecule has 2 aromatic heterocycles. The Morgan fingerprint density at radius 3 is 2.38 bits per heavy atom. The van der Waals surface area contributed by atoms with E-state index >= 15 is 0 Å². The summed E-state index contributed by atoms with van der Waals surface area (Å²) in [5.41, 5.74) is 3.40. The molecule has 0 aliphatic carbocycles. The zero-order valence-electron chi connectivity index (χ0n) is 13.2. The minimum Gasteiger partial charge on any atom is -0.244 e. The second-order valence-electron chi connectivity index (χ2n) is 5.27. The molecule has 2 aromatic rings. The van der Waals surface area contributed by atoms with Crippen LogP contribution in [0, 0.1) is 0 Å². The standard InChI is InChI=1S/C16H24N4O/c1-4-8-13-14(9-5-2)18-20(15(13)10-6-3)16(21)19-12-7-11-17-19/h7,11-12H,4-6,8-10H2,1-3H3. The third kappa shape index (κ3) is 3.23. The highest BCUT2D eigenvalue weighted by Crippen LogP contribution is 2.20. The Hall–Kier alpha value is -1.91. The van der Waals surface area contributed by atoms with Crippen molar-refractivity contribution in [1.82, 2.24) is 19.6 Å². The zero-order chi connectivity index (χ0) is 15.2. The van der Waals surface area contributed by atoms with Crippen LogP contribution in [0.2, 0.25) is 0 Å². The molecule has 0 unspecified atom stereocenters. The minimum atomic E-state index is -0.192. The van der Waals surface area contributed by atoms with Gasteiger partial charge in [0.1, 0.15) is 0 Å². The van der Waals surface area contributed by atoms with Gasteiger partial charge in [-0.3, -0.25) is 0 Å². The van der Waals surface area contributed by atoms with Crippen molar-refractivity contribution in [3.8, 4) is 0 Å². The van der Waals surface area contributed by atoms with Crippen LogP contribution in [0.1, 0.15) is 57.0 Å². The van der Waals surface area contributed by atoms with Gasteiger partial charge in [-0.25, -0.2) is 4.79 Å². The van der Waals surface area contributed by atoms with Gasteiger partial charge in [0.05, 0.1) is 11.4 Å². The number of carbonyl (C=O) groups is 1. The third-order valence-corrected chi connectivity index (χ3v) is 3.53. The highest BCUT2D eigenvalue weighted by Gasteiger charge is 2.21. The van der Waals surface area contributed by atoms with Gasteiger partial charge < -0.3 is 0 Å². The molecule has 21 heavy (non-hydrogen) atoms. The fourth-order valence-corrected chi connectivity index (χ4v) is 2.64. The molecule has 0 aliphatic rings. The van der Waals surface area contributed by atoms with E-state index in [2.05, 4.69) is 31.0 Å². The first-order chi connectivity index (χ1) is 10.2. The van der Waals surface area contributed by atoms with Crippen molar-refractivity contribution in [1.29, 1.82) is 0 Å². The van der Waals surface area contributed by atoms with E-state index in [-0.39, 0.29) is 6.03 Å². The maximum absolute atomic E-state index is 12.6. The Bertz CT molecular complexity index is 584. The number of carbonyl (C=O) groups excluding carboxylic acids is 1. The summed E-state index contributed by atoms with van der Waals surface area (Å²) in [6.07, 6.45) is 9.16. The van der Waals surface area contributed by atoms with Crippen LogP contribution in [0.15, 0.2) is 18.5 Å². The quantitative estimate of drug-likeness (QED) is 0.818. The van der Waals surface area contributed by atoms with Crippen molar-refractivity contribution >= 4 is 6.03 Å². The number of hydrogen-bond donors (Lipinski definition) is 0. The predicted octanol–water partition coefficient (Wildman–Crippen LogP) is 3.45. The molecule has 5 heteroatoms. The summed E-state index contributed by atoms with van der Waals surface area (Å²) in [5, 5.41) is 8.63. The maximum atomic E-state index is 12.6. The molecule has 114 valence electrons. The molecular weight excluding hydrogens is 264 g/mol. The summed E-state index contributed by atoms with van der Waals surface area (Å²) in [5.74, 6) is 0. The van der Waals surface area contributed by atoms with Crippen LogP contribution in [0.25, 0.3) is 0 Å². The fraction of sp³-hybridized carbons (Fsp3) is 0.562. The molecule has 0 bridgehead atoms. The summed E-state index contributed by atoms with van der Waals surface area (Å²) in [6.45, 7) is 6.44. The minimum absolute atomic E-state index is 0.192. The van der Waals surface area contributed by atoms with Crippen molar-refractivity contribution in [2.75, 3.05) is 0 Å². The molecule has 0 aromatic carbocycles. The molecule has 0 atom stereocenters. The van der Waals surface area contributed by atoms with Crippen LogP contribution in [-0.4, -0.2) is 25.6 Å². The molecule has 0 saturated heterocycles. The maximum Gasteiger partial charge on any atom is 0.369 e. The first-order valence-corrected chi connectivity index (χ1v) is 7.86. The van der Waals surface area contributed by atoms with Gasteiger partial charge in [0.2, 0.25) is 0 Å². The van der Waals surface area contributed by atoms with Crippen molar-refractivity contribution < 1.29 is 4.79 Å². The Balaban J connectivity index is 2.47. The van der Waals surface area contributed by atoms with E-state index in [9.17, 15) is 4.79 Å². The van der Waals surface area contributed by atoms with Crippen LogP contribution in [-0.2, 0) is 19.3 Å². The van der Waals surface area contributed by atoms with E-state index in [0.29, 0.717) is 0 Å². The van der Waals surface area contributed by atoms with Gasteiger partial charge in [0.15, 0.2) is 0 Å². The Labute approximate surface area is 126 Å². The smallest absolute Gasteiger partial charge is 0.244 e. The first kappa shape index (κ1) is 15.5. The highest BCUT2D eigenvalue weighted by atomic mass is 16.2. The molecular formula is C16H24N4O. The lowest BCUT2D eigenvalue weighted by molar-refractivity contribution is 0.237. The molecule has 0 radical (unpaired) electrons. The van der Waals surface area contributed by atoms with Crippen molar-refractivity contribution in [3.63, 3.8) is 0 Å². The van der Waals surface area contributed by atoms with E-state index in [1.807, 2.05) is 0 Å². The van der Waals surface area contributed by atoms with Crippen molar-refractivity contribution in [2.24, 2.45) is 0 Å². The molecule has 0 aliphatic heterocycles. The van der Waals surface area contributed by atoms with E-state index in [0.717, 1.165) is 49.9 Å². The van der Waals surface area contributed by atoms with Crippen LogP contribution in [0.4, 0.5) is 4.79 Å². The number of hydrogen-bond acceptors (Lipinski definition) is 3. The molecule has 2 rings (SSSR count). The molecule has 0 spiro atoms. The Morgan fingerprint density at radius 2 is 1.81 bits per heavy atom. The van der Waals surface area contributed by atoms with Gasteiger partial charge in [0.25, 0.3) is 0 Å². The summed E-state index contributed by atoms with van der Waals surface area (Å²) in [6, 6.07) is 1.56. The zero-order valence-corrected chi connectivity index (χ0v) is 13.2. The second kappa shape index (κ2) is 7.20. The third-order valence-electron chi connectivity index (χ3n) is 3.53. The van der Waals surface area contributed by atoms with Gasteiger partial charge >= 0.3 is 6.03 Å². The normalized spacial score (nSPS) is 11.0. The van der Waals surface area contributed by atoms with Gasteiger partial charge in [-0.15, -0.1) is 0 Å². The molecule has 0 N–H and O–H groups in total. The lowest BCUT2D eigenvalue weighted by atomic mass is 10.0. The van der Waals surface area contributed by atoms with E-state index in [1.54, 1.807) is 23.1 Å². The van der Waals surface area contributed by atoms with Crippen molar-refractivity contribution in [3.05, 3.63) is 35.4 Å². The fourth-order valence-electron chi connectivity index (χ4n) is 2.64. The Morgan fingerprint density at radius 1 is 1.10 bits per heavy atom. The van der Waals surface area contributed by atoms with E-state index < -0.39 is 0 Å². The summed E-state index contributed by atoms with van der Waals surface area (Å²) < 4.78 is 2.91. The molecule has 0 amide bonds. The number of aromatic nitrogens is 4. The van der Waals surface area contributed by atoms with Gasteiger partial charge in [-0.1, -0.05) is 40.0 Å². The topological polar surface area (TPSA) is 52.7 Å². The summed E-state index contributed by atoms with van der Waals surface area (Å²) in [7, 11) is 0. The molecule has 0 fully saturated rings. The second-order valence-corrected chi connectivity index (χ2v) is 5.27. The SMILES string of the molecule is CCCc1nn(C(=O)n2cccn2)c(CCC)c1CCC.